The number of ether oxygens (including phenoxy) is 1. The molecule has 0 saturated carbocycles. The summed E-state index contributed by atoms with van der Waals surface area (Å²) in [5.74, 6) is 0.153. The van der Waals surface area contributed by atoms with Gasteiger partial charge in [-0.25, -0.2) is 13.1 Å². The summed E-state index contributed by atoms with van der Waals surface area (Å²) in [6.07, 6.45) is 0. The van der Waals surface area contributed by atoms with E-state index in [2.05, 4.69) is 24.3 Å². The average molecular weight is 471 g/mol. The standard InChI is InChI=1S/C22H22N4O6S/c1-14(2)15-3-9-18(10-4-15)32-11-21(27)23-22-19-12-33(30,31)13-20(19)24-25(22)16-5-7-17(8-6-16)26(28)29/h3-10,14H,11-13H2,1-2H3,(H,23,27). The highest BCUT2D eigenvalue weighted by Gasteiger charge is 2.33. The SMILES string of the molecule is CC(C)c1ccc(OCC(=O)Nc2c3c(nn2-c2ccc([N+](=O)[O-])cc2)CS(=O)(=O)C3)cc1. The minimum absolute atomic E-state index is 0.0940. The number of sulfone groups is 1. The molecule has 2 aromatic carbocycles. The molecule has 0 bridgehead atoms. The van der Waals surface area contributed by atoms with Gasteiger partial charge in [-0.2, -0.15) is 5.10 Å². The molecule has 0 atom stereocenters. The Bertz CT molecular complexity index is 1310. The molecule has 11 heteroatoms. The molecule has 1 aliphatic heterocycles. The van der Waals surface area contributed by atoms with Crippen LogP contribution in [0, 0.1) is 10.1 Å². The molecule has 1 amide bonds. The van der Waals surface area contributed by atoms with E-state index in [4.69, 9.17) is 4.74 Å². The maximum atomic E-state index is 12.6. The minimum atomic E-state index is -3.35. The molecule has 3 aromatic rings. The molecule has 1 aromatic heterocycles. The lowest BCUT2D eigenvalue weighted by Gasteiger charge is -2.12. The van der Waals surface area contributed by atoms with Crippen molar-refractivity contribution in [3.63, 3.8) is 0 Å². The fourth-order valence-corrected chi connectivity index (χ4v) is 5.03. The number of amides is 1. The molecular formula is C22H22N4O6S. The second-order valence-corrected chi connectivity index (χ2v) is 10.1. The second-order valence-electron chi connectivity index (χ2n) is 8.05. The highest BCUT2D eigenvalue weighted by molar-refractivity contribution is 7.90. The number of nitro benzene ring substituents is 1. The highest BCUT2D eigenvalue weighted by atomic mass is 32.2. The van der Waals surface area contributed by atoms with E-state index in [1.54, 1.807) is 12.1 Å². The third-order valence-electron chi connectivity index (χ3n) is 5.27. The van der Waals surface area contributed by atoms with Gasteiger partial charge in [-0.15, -0.1) is 0 Å². The predicted octanol–water partition coefficient (Wildman–Crippen LogP) is 3.35. The number of nitrogens with zero attached hydrogens (tertiary/aromatic N) is 3. The van der Waals surface area contributed by atoms with Crippen molar-refractivity contribution in [2.24, 2.45) is 0 Å². The van der Waals surface area contributed by atoms with Crippen LogP contribution in [-0.4, -0.2) is 35.6 Å². The number of fused-ring (bicyclic) bond motifs is 1. The van der Waals surface area contributed by atoms with E-state index in [1.807, 2.05) is 12.1 Å². The Morgan fingerprint density at radius 1 is 1.15 bits per heavy atom. The van der Waals surface area contributed by atoms with Crippen LogP contribution in [0.5, 0.6) is 5.75 Å². The molecular weight excluding hydrogens is 448 g/mol. The molecule has 0 radical (unpaired) electrons. The van der Waals surface area contributed by atoms with E-state index < -0.39 is 20.7 Å². The van der Waals surface area contributed by atoms with E-state index in [0.29, 0.717) is 28.6 Å². The quantitative estimate of drug-likeness (QED) is 0.413. The summed E-state index contributed by atoms with van der Waals surface area (Å²) in [5.41, 5.74) is 2.25. The summed E-state index contributed by atoms with van der Waals surface area (Å²) in [4.78, 5) is 23.0. The van der Waals surface area contributed by atoms with Gasteiger partial charge in [0.2, 0.25) is 0 Å². The monoisotopic (exact) mass is 470 g/mol. The Morgan fingerprint density at radius 3 is 2.42 bits per heavy atom. The van der Waals surface area contributed by atoms with Crippen LogP contribution in [0.15, 0.2) is 48.5 Å². The van der Waals surface area contributed by atoms with E-state index in [-0.39, 0.29) is 29.6 Å². The second kappa shape index (κ2) is 8.66. The number of hydrogen-bond donors (Lipinski definition) is 1. The summed E-state index contributed by atoms with van der Waals surface area (Å²) in [5, 5.41) is 18.0. The van der Waals surface area contributed by atoms with Crippen molar-refractivity contribution < 1.29 is 22.9 Å². The lowest BCUT2D eigenvalue weighted by atomic mass is 10.0. The largest absolute Gasteiger partial charge is 0.484 e. The van der Waals surface area contributed by atoms with Crippen molar-refractivity contribution in [2.75, 3.05) is 11.9 Å². The Labute approximate surface area is 190 Å². The van der Waals surface area contributed by atoms with Crippen molar-refractivity contribution in [1.82, 2.24) is 9.78 Å². The van der Waals surface area contributed by atoms with E-state index in [9.17, 15) is 23.3 Å². The smallest absolute Gasteiger partial charge is 0.269 e. The van der Waals surface area contributed by atoms with Gasteiger partial charge in [0.15, 0.2) is 16.4 Å². The number of nitrogens with one attached hydrogen (secondary N) is 1. The molecule has 172 valence electrons. The number of hydrogen-bond acceptors (Lipinski definition) is 7. The minimum Gasteiger partial charge on any atom is -0.484 e. The van der Waals surface area contributed by atoms with Gasteiger partial charge in [-0.3, -0.25) is 14.9 Å². The Balaban J connectivity index is 1.55. The fourth-order valence-electron chi connectivity index (χ4n) is 3.54. The molecule has 1 N–H and O–H groups in total. The zero-order valence-electron chi connectivity index (χ0n) is 18.0. The van der Waals surface area contributed by atoms with Crippen molar-refractivity contribution >= 4 is 27.2 Å². The molecule has 0 fully saturated rings. The molecule has 0 aliphatic carbocycles. The number of carbonyl (C=O) groups is 1. The fraction of sp³-hybridized carbons (Fsp3) is 0.273. The van der Waals surface area contributed by atoms with Crippen LogP contribution in [0.3, 0.4) is 0 Å². The molecule has 4 rings (SSSR count). The Kier molecular flexibility index (Phi) is 5.90. The number of rotatable bonds is 7. The highest BCUT2D eigenvalue weighted by Crippen LogP contribution is 2.33. The Morgan fingerprint density at radius 2 is 1.82 bits per heavy atom. The van der Waals surface area contributed by atoms with Crippen LogP contribution in [0.2, 0.25) is 0 Å². The molecule has 0 saturated heterocycles. The van der Waals surface area contributed by atoms with Crippen LogP contribution in [0.4, 0.5) is 11.5 Å². The first-order valence-corrected chi connectivity index (χ1v) is 12.0. The maximum Gasteiger partial charge on any atom is 0.269 e. The van der Waals surface area contributed by atoms with Gasteiger partial charge < -0.3 is 10.1 Å². The Hall–Kier alpha value is -3.73. The summed E-state index contributed by atoms with van der Waals surface area (Å²) >= 11 is 0. The van der Waals surface area contributed by atoms with Crippen LogP contribution in [-0.2, 0) is 26.1 Å². The summed E-state index contributed by atoms with van der Waals surface area (Å²) in [6.45, 7) is 3.88. The van der Waals surface area contributed by atoms with Gasteiger partial charge in [-0.05, 0) is 35.7 Å². The third kappa shape index (κ3) is 4.87. The van der Waals surface area contributed by atoms with E-state index in [1.165, 1.54) is 28.9 Å². The van der Waals surface area contributed by atoms with Gasteiger partial charge in [-0.1, -0.05) is 26.0 Å². The first-order chi connectivity index (χ1) is 15.6. The molecule has 2 heterocycles. The van der Waals surface area contributed by atoms with E-state index in [0.717, 1.165) is 5.56 Å². The predicted molar refractivity (Wildman–Crippen MR) is 121 cm³/mol. The topological polar surface area (TPSA) is 133 Å². The van der Waals surface area contributed by atoms with Crippen molar-refractivity contribution in [3.8, 4) is 11.4 Å². The molecule has 1 aliphatic rings. The summed E-state index contributed by atoms with van der Waals surface area (Å²) in [6, 6.07) is 13.0. The number of aromatic nitrogens is 2. The number of benzene rings is 2. The number of nitro groups is 1. The van der Waals surface area contributed by atoms with Crippen molar-refractivity contribution in [1.29, 1.82) is 0 Å². The average Bonchev–Trinajstić information content (AvgIpc) is 3.25. The van der Waals surface area contributed by atoms with Crippen LogP contribution >= 0.6 is 0 Å². The van der Waals surface area contributed by atoms with Gasteiger partial charge in [0.25, 0.3) is 11.6 Å². The zero-order chi connectivity index (χ0) is 23.8. The van der Waals surface area contributed by atoms with Crippen LogP contribution in [0.1, 0.15) is 36.6 Å². The van der Waals surface area contributed by atoms with Gasteiger partial charge in [0.05, 0.1) is 27.8 Å². The van der Waals surface area contributed by atoms with Crippen molar-refractivity contribution in [3.05, 3.63) is 75.5 Å². The van der Waals surface area contributed by atoms with Gasteiger partial charge >= 0.3 is 0 Å². The van der Waals surface area contributed by atoms with Crippen molar-refractivity contribution in [2.45, 2.75) is 31.3 Å². The summed E-state index contributed by atoms with van der Waals surface area (Å²) < 4.78 is 31.1. The lowest BCUT2D eigenvalue weighted by Crippen LogP contribution is -2.22. The first kappa shape index (κ1) is 22.5. The van der Waals surface area contributed by atoms with Crippen LogP contribution < -0.4 is 10.1 Å². The number of carbonyl (C=O) groups excluding carboxylic acids is 1. The molecule has 10 nitrogen and oxygen atoms in total. The molecule has 33 heavy (non-hydrogen) atoms. The normalized spacial score (nSPS) is 14.2. The van der Waals surface area contributed by atoms with E-state index >= 15 is 0 Å². The molecule has 0 spiro atoms. The first-order valence-electron chi connectivity index (χ1n) is 10.2. The van der Waals surface area contributed by atoms with Gasteiger partial charge in [0.1, 0.15) is 11.6 Å². The zero-order valence-corrected chi connectivity index (χ0v) is 18.8. The summed E-state index contributed by atoms with van der Waals surface area (Å²) in [7, 11) is -3.35. The molecule has 0 unspecified atom stereocenters. The number of anilines is 1. The van der Waals surface area contributed by atoms with Gasteiger partial charge in [0, 0.05) is 17.7 Å². The maximum absolute atomic E-state index is 12.6. The number of non-ortho nitro benzene ring substituents is 1. The third-order valence-corrected chi connectivity index (χ3v) is 6.71. The lowest BCUT2D eigenvalue weighted by molar-refractivity contribution is -0.384. The van der Waals surface area contributed by atoms with Crippen LogP contribution in [0.25, 0.3) is 5.69 Å².